The zero-order valence-corrected chi connectivity index (χ0v) is 8.78. The highest BCUT2D eigenvalue weighted by atomic mass is 15.3. The molecular weight excluding hydrogens is 164 g/mol. The van der Waals surface area contributed by atoms with Gasteiger partial charge in [0.05, 0.1) is 0 Å². The molecule has 0 spiro atoms. The van der Waals surface area contributed by atoms with Crippen molar-refractivity contribution in [2.45, 2.75) is 45.7 Å². The van der Waals surface area contributed by atoms with Crippen LogP contribution in [0, 0.1) is 0 Å². The highest BCUT2D eigenvalue weighted by Gasteiger charge is 2.16. The first-order chi connectivity index (χ1) is 5.90. The lowest BCUT2D eigenvalue weighted by Gasteiger charge is -2.19. The van der Waals surface area contributed by atoms with Gasteiger partial charge in [-0.3, -0.25) is 0 Å². The molecular formula is C9H18N4. The smallest absolute Gasteiger partial charge is 0.134 e. The van der Waals surface area contributed by atoms with Gasteiger partial charge in [0.15, 0.2) is 0 Å². The summed E-state index contributed by atoms with van der Waals surface area (Å²) in [5.41, 5.74) is 5.69. The number of hydrogen-bond donors (Lipinski definition) is 1. The lowest BCUT2D eigenvalue weighted by atomic mass is 10.0. The minimum atomic E-state index is -0.223. The molecule has 0 aliphatic heterocycles. The van der Waals surface area contributed by atoms with Crippen LogP contribution in [0.15, 0.2) is 6.33 Å². The van der Waals surface area contributed by atoms with Crippen molar-refractivity contribution in [2.24, 2.45) is 5.73 Å². The van der Waals surface area contributed by atoms with E-state index in [1.807, 2.05) is 13.8 Å². The molecule has 0 radical (unpaired) electrons. The number of rotatable bonds is 3. The Labute approximate surface area is 79.2 Å². The Bertz CT molecular complexity index is 269. The fourth-order valence-corrected chi connectivity index (χ4v) is 1.23. The van der Waals surface area contributed by atoms with Crippen molar-refractivity contribution < 1.29 is 0 Å². The lowest BCUT2D eigenvalue weighted by molar-refractivity contribution is 0.470. The van der Waals surface area contributed by atoms with Crippen LogP contribution < -0.4 is 5.73 Å². The van der Waals surface area contributed by atoms with E-state index >= 15 is 0 Å². The Morgan fingerprint density at radius 1 is 1.54 bits per heavy atom. The topological polar surface area (TPSA) is 56.7 Å². The quantitative estimate of drug-likeness (QED) is 0.762. The standard InChI is InChI=1S/C9H18N4/c1-7(2)13-6-11-12-8(13)5-9(3,4)10/h6-7H,5,10H2,1-4H3. The van der Waals surface area contributed by atoms with Crippen molar-refractivity contribution >= 4 is 0 Å². The van der Waals surface area contributed by atoms with Crippen molar-refractivity contribution in [1.29, 1.82) is 0 Å². The molecule has 0 aliphatic rings. The van der Waals surface area contributed by atoms with Crippen molar-refractivity contribution in [3.05, 3.63) is 12.2 Å². The Morgan fingerprint density at radius 3 is 2.62 bits per heavy atom. The van der Waals surface area contributed by atoms with Crippen LogP contribution in [-0.4, -0.2) is 20.3 Å². The van der Waals surface area contributed by atoms with E-state index in [9.17, 15) is 0 Å². The van der Waals surface area contributed by atoms with Gasteiger partial charge in [-0.2, -0.15) is 0 Å². The van der Waals surface area contributed by atoms with Crippen molar-refractivity contribution in [2.75, 3.05) is 0 Å². The number of hydrogen-bond acceptors (Lipinski definition) is 3. The maximum Gasteiger partial charge on any atom is 0.134 e. The highest BCUT2D eigenvalue weighted by molar-refractivity contribution is 4.95. The second-order valence-corrected chi connectivity index (χ2v) is 4.41. The first-order valence-electron chi connectivity index (χ1n) is 4.57. The van der Waals surface area contributed by atoms with Gasteiger partial charge in [-0.1, -0.05) is 0 Å². The largest absolute Gasteiger partial charge is 0.325 e. The fourth-order valence-electron chi connectivity index (χ4n) is 1.23. The Morgan fingerprint density at radius 2 is 2.15 bits per heavy atom. The SMILES string of the molecule is CC(C)n1cnnc1CC(C)(C)N. The summed E-state index contributed by atoms with van der Waals surface area (Å²) in [6.07, 6.45) is 2.51. The van der Waals surface area contributed by atoms with E-state index < -0.39 is 0 Å². The summed E-state index contributed by atoms with van der Waals surface area (Å²) in [7, 11) is 0. The average molecular weight is 182 g/mol. The summed E-state index contributed by atoms with van der Waals surface area (Å²) in [6.45, 7) is 8.20. The van der Waals surface area contributed by atoms with E-state index in [-0.39, 0.29) is 5.54 Å². The highest BCUT2D eigenvalue weighted by Crippen LogP contribution is 2.11. The molecule has 1 aromatic rings. The molecule has 0 aromatic carbocycles. The van der Waals surface area contributed by atoms with Gasteiger partial charge in [-0.15, -0.1) is 10.2 Å². The minimum absolute atomic E-state index is 0.223. The van der Waals surface area contributed by atoms with Gasteiger partial charge in [0, 0.05) is 18.0 Å². The van der Waals surface area contributed by atoms with Gasteiger partial charge in [0.1, 0.15) is 12.2 Å². The van der Waals surface area contributed by atoms with E-state index in [1.165, 1.54) is 0 Å². The third-order valence-electron chi connectivity index (χ3n) is 1.82. The Kier molecular flexibility index (Phi) is 2.71. The molecule has 1 aromatic heterocycles. The predicted octanol–water partition coefficient (Wildman–Crippen LogP) is 1.14. The summed E-state index contributed by atoms with van der Waals surface area (Å²) in [5, 5.41) is 7.94. The third-order valence-corrected chi connectivity index (χ3v) is 1.82. The third kappa shape index (κ3) is 2.81. The van der Waals surface area contributed by atoms with E-state index in [1.54, 1.807) is 6.33 Å². The molecule has 4 nitrogen and oxygen atoms in total. The molecule has 0 aliphatic carbocycles. The summed E-state index contributed by atoms with van der Waals surface area (Å²) < 4.78 is 2.05. The number of nitrogens with two attached hydrogens (primary N) is 1. The molecule has 13 heavy (non-hydrogen) atoms. The molecule has 2 N–H and O–H groups in total. The molecule has 1 heterocycles. The summed E-state index contributed by atoms with van der Waals surface area (Å²) in [6, 6.07) is 0.396. The minimum Gasteiger partial charge on any atom is -0.325 e. The zero-order valence-electron chi connectivity index (χ0n) is 8.78. The van der Waals surface area contributed by atoms with E-state index in [0.29, 0.717) is 6.04 Å². The second kappa shape index (κ2) is 3.46. The fraction of sp³-hybridized carbons (Fsp3) is 0.778. The maximum absolute atomic E-state index is 5.91. The molecule has 0 unspecified atom stereocenters. The lowest BCUT2D eigenvalue weighted by Crippen LogP contribution is -2.35. The molecule has 0 saturated heterocycles. The Balaban J connectivity index is 2.83. The van der Waals surface area contributed by atoms with Gasteiger partial charge in [0.25, 0.3) is 0 Å². The van der Waals surface area contributed by atoms with Crippen LogP contribution in [0.1, 0.15) is 39.6 Å². The summed E-state index contributed by atoms with van der Waals surface area (Å²) in [5.74, 6) is 0.961. The number of nitrogens with zero attached hydrogens (tertiary/aromatic N) is 3. The molecule has 74 valence electrons. The van der Waals surface area contributed by atoms with Crippen molar-refractivity contribution in [1.82, 2.24) is 14.8 Å². The van der Waals surface area contributed by atoms with Gasteiger partial charge < -0.3 is 10.3 Å². The van der Waals surface area contributed by atoms with Gasteiger partial charge >= 0.3 is 0 Å². The van der Waals surface area contributed by atoms with Gasteiger partial charge in [-0.25, -0.2) is 0 Å². The van der Waals surface area contributed by atoms with Crippen LogP contribution >= 0.6 is 0 Å². The van der Waals surface area contributed by atoms with E-state index in [0.717, 1.165) is 12.2 Å². The molecule has 0 amide bonds. The van der Waals surface area contributed by atoms with E-state index in [2.05, 4.69) is 28.6 Å². The molecule has 0 bridgehead atoms. The van der Waals surface area contributed by atoms with Crippen LogP contribution in [0.5, 0.6) is 0 Å². The molecule has 1 rings (SSSR count). The van der Waals surface area contributed by atoms with Crippen molar-refractivity contribution in [3.63, 3.8) is 0 Å². The normalized spacial score (nSPS) is 12.5. The molecule has 4 heteroatoms. The first-order valence-corrected chi connectivity index (χ1v) is 4.57. The second-order valence-electron chi connectivity index (χ2n) is 4.41. The average Bonchev–Trinajstić information content (AvgIpc) is 2.31. The Hall–Kier alpha value is -0.900. The molecule has 0 atom stereocenters. The molecule has 0 saturated carbocycles. The summed E-state index contributed by atoms with van der Waals surface area (Å²) in [4.78, 5) is 0. The number of aromatic nitrogens is 3. The van der Waals surface area contributed by atoms with E-state index in [4.69, 9.17) is 5.73 Å². The van der Waals surface area contributed by atoms with Crippen LogP contribution in [0.4, 0.5) is 0 Å². The van der Waals surface area contributed by atoms with Gasteiger partial charge in [0.2, 0.25) is 0 Å². The zero-order chi connectivity index (χ0) is 10.1. The maximum atomic E-state index is 5.91. The van der Waals surface area contributed by atoms with Crippen LogP contribution in [0.3, 0.4) is 0 Å². The van der Waals surface area contributed by atoms with Gasteiger partial charge in [-0.05, 0) is 27.7 Å². The predicted molar refractivity (Wildman–Crippen MR) is 52.4 cm³/mol. The van der Waals surface area contributed by atoms with Crippen LogP contribution in [-0.2, 0) is 6.42 Å². The monoisotopic (exact) mass is 182 g/mol. The van der Waals surface area contributed by atoms with Crippen molar-refractivity contribution in [3.8, 4) is 0 Å². The molecule has 0 fully saturated rings. The van der Waals surface area contributed by atoms with Crippen LogP contribution in [0.25, 0.3) is 0 Å². The summed E-state index contributed by atoms with van der Waals surface area (Å²) >= 11 is 0. The first kappa shape index (κ1) is 10.2. The van der Waals surface area contributed by atoms with Crippen LogP contribution in [0.2, 0.25) is 0 Å².